The summed E-state index contributed by atoms with van der Waals surface area (Å²) in [4.78, 5) is 13.7. The van der Waals surface area contributed by atoms with Crippen molar-refractivity contribution < 1.29 is 9.90 Å². The van der Waals surface area contributed by atoms with Crippen molar-refractivity contribution in [1.82, 2.24) is 4.90 Å². The van der Waals surface area contributed by atoms with Gasteiger partial charge in [0, 0.05) is 13.1 Å². The summed E-state index contributed by atoms with van der Waals surface area (Å²) in [6.45, 7) is 7.03. The molecule has 16 heavy (non-hydrogen) atoms. The number of rotatable bonds is 3. The van der Waals surface area contributed by atoms with Crippen molar-refractivity contribution in [1.29, 1.82) is 0 Å². The first-order valence-corrected chi connectivity index (χ1v) is 6.08. The van der Waals surface area contributed by atoms with Gasteiger partial charge in [0.15, 0.2) is 0 Å². The van der Waals surface area contributed by atoms with Gasteiger partial charge in [0.25, 0.3) is 0 Å². The zero-order valence-corrected chi connectivity index (χ0v) is 10.6. The van der Waals surface area contributed by atoms with E-state index in [0.717, 1.165) is 19.4 Å². The average Bonchev–Trinajstić information content (AvgIpc) is 2.13. The van der Waals surface area contributed by atoms with Crippen molar-refractivity contribution in [3.05, 3.63) is 0 Å². The Bertz CT molecular complexity index is 251. The van der Waals surface area contributed by atoms with Crippen LogP contribution in [0.25, 0.3) is 0 Å². The van der Waals surface area contributed by atoms with E-state index < -0.39 is 11.6 Å². The molecule has 1 fully saturated rings. The lowest BCUT2D eigenvalue weighted by molar-refractivity contribution is -0.139. The number of likely N-dealkylation sites (tertiary alicyclic amines) is 1. The number of hydrogen-bond acceptors (Lipinski definition) is 3. The third-order valence-corrected chi connectivity index (χ3v) is 3.03. The van der Waals surface area contributed by atoms with E-state index in [-0.39, 0.29) is 5.91 Å². The number of amides is 1. The molecule has 1 unspecified atom stereocenters. The van der Waals surface area contributed by atoms with E-state index in [1.807, 2.05) is 0 Å². The Morgan fingerprint density at radius 1 is 1.56 bits per heavy atom. The second kappa shape index (κ2) is 5.15. The number of nitrogens with two attached hydrogens (primary N) is 1. The van der Waals surface area contributed by atoms with E-state index in [4.69, 9.17) is 5.73 Å². The summed E-state index contributed by atoms with van der Waals surface area (Å²) < 4.78 is 0. The van der Waals surface area contributed by atoms with Crippen LogP contribution in [0.2, 0.25) is 0 Å². The van der Waals surface area contributed by atoms with Crippen LogP contribution in [0.5, 0.6) is 0 Å². The Kier molecular flexibility index (Phi) is 4.33. The molecule has 0 bridgehead atoms. The fourth-order valence-corrected chi connectivity index (χ4v) is 2.25. The number of piperidine rings is 1. The molecule has 94 valence electrons. The summed E-state index contributed by atoms with van der Waals surface area (Å²) in [6.07, 6.45) is 2.32. The molecule has 0 radical (unpaired) electrons. The third-order valence-electron chi connectivity index (χ3n) is 3.03. The number of nitrogens with zero attached hydrogens (tertiary/aromatic N) is 1. The molecule has 1 rings (SSSR count). The van der Waals surface area contributed by atoms with Gasteiger partial charge in [0.2, 0.25) is 5.91 Å². The molecule has 1 amide bonds. The van der Waals surface area contributed by atoms with Crippen LogP contribution in [0.15, 0.2) is 0 Å². The molecule has 0 aromatic heterocycles. The van der Waals surface area contributed by atoms with E-state index in [9.17, 15) is 9.90 Å². The van der Waals surface area contributed by atoms with Crippen molar-refractivity contribution >= 4 is 5.91 Å². The Morgan fingerprint density at radius 2 is 2.19 bits per heavy atom. The zero-order chi connectivity index (χ0) is 12.3. The Hall–Kier alpha value is -0.610. The molecule has 0 spiro atoms. The normalized spacial score (nSPS) is 28.2. The lowest BCUT2D eigenvalue weighted by atomic mass is 9.94. The quantitative estimate of drug-likeness (QED) is 0.748. The van der Waals surface area contributed by atoms with Crippen molar-refractivity contribution in [3.63, 3.8) is 0 Å². The molecule has 0 saturated carbocycles. The topological polar surface area (TPSA) is 66.6 Å². The lowest BCUT2D eigenvalue weighted by Crippen LogP contribution is -2.53. The zero-order valence-electron chi connectivity index (χ0n) is 10.6. The van der Waals surface area contributed by atoms with Crippen LogP contribution in [0.3, 0.4) is 0 Å². The lowest BCUT2D eigenvalue weighted by Gasteiger charge is -2.38. The van der Waals surface area contributed by atoms with Gasteiger partial charge in [-0.25, -0.2) is 0 Å². The number of β-amino-alcohol motifs (C(OH)–C–C–N with tert-alkyl or cyclic N) is 1. The van der Waals surface area contributed by atoms with Gasteiger partial charge in [0.1, 0.15) is 0 Å². The monoisotopic (exact) mass is 228 g/mol. The maximum atomic E-state index is 12.0. The Balaban J connectivity index is 2.53. The van der Waals surface area contributed by atoms with Crippen LogP contribution in [0, 0.1) is 5.92 Å². The molecule has 1 aliphatic rings. The van der Waals surface area contributed by atoms with Crippen molar-refractivity contribution in [2.24, 2.45) is 11.7 Å². The van der Waals surface area contributed by atoms with Gasteiger partial charge in [-0.1, -0.05) is 13.8 Å². The first kappa shape index (κ1) is 13.5. The van der Waals surface area contributed by atoms with Gasteiger partial charge in [-0.2, -0.15) is 0 Å². The van der Waals surface area contributed by atoms with Crippen LogP contribution in [-0.4, -0.2) is 40.6 Å². The van der Waals surface area contributed by atoms with Crippen molar-refractivity contribution in [3.8, 4) is 0 Å². The minimum absolute atomic E-state index is 0.0197. The molecule has 4 nitrogen and oxygen atoms in total. The standard InChI is InChI=1S/C12H24N2O2/c1-9(2)7-10(13)11(15)14-6-4-5-12(3,16)8-14/h9-10,16H,4-8,13H2,1-3H3/t10-,12?/m1/s1. The summed E-state index contributed by atoms with van der Waals surface area (Å²) in [7, 11) is 0. The highest BCUT2D eigenvalue weighted by Gasteiger charge is 2.32. The van der Waals surface area contributed by atoms with Crippen molar-refractivity contribution in [2.75, 3.05) is 13.1 Å². The molecule has 4 heteroatoms. The molecule has 1 saturated heterocycles. The van der Waals surface area contributed by atoms with E-state index in [1.54, 1.807) is 11.8 Å². The van der Waals surface area contributed by atoms with E-state index in [2.05, 4.69) is 13.8 Å². The van der Waals surface area contributed by atoms with Gasteiger partial charge in [-0.05, 0) is 32.1 Å². The fraction of sp³-hybridized carbons (Fsp3) is 0.917. The van der Waals surface area contributed by atoms with Crippen LogP contribution in [0.1, 0.15) is 40.0 Å². The highest BCUT2D eigenvalue weighted by atomic mass is 16.3. The van der Waals surface area contributed by atoms with Gasteiger partial charge in [0.05, 0.1) is 11.6 Å². The maximum Gasteiger partial charge on any atom is 0.239 e. The largest absolute Gasteiger partial charge is 0.388 e. The van der Waals surface area contributed by atoms with Crippen LogP contribution < -0.4 is 5.73 Å². The summed E-state index contributed by atoms with van der Waals surface area (Å²) in [5, 5.41) is 9.92. The molecule has 2 atom stereocenters. The Labute approximate surface area is 97.8 Å². The molecule has 1 heterocycles. The highest BCUT2D eigenvalue weighted by Crippen LogP contribution is 2.21. The van der Waals surface area contributed by atoms with Gasteiger partial charge in [-0.15, -0.1) is 0 Å². The van der Waals surface area contributed by atoms with Crippen LogP contribution >= 0.6 is 0 Å². The number of carbonyl (C=O) groups excluding carboxylic acids is 1. The minimum Gasteiger partial charge on any atom is -0.388 e. The minimum atomic E-state index is -0.745. The number of carbonyl (C=O) groups is 1. The van der Waals surface area contributed by atoms with Crippen LogP contribution in [0.4, 0.5) is 0 Å². The summed E-state index contributed by atoms with van der Waals surface area (Å²) in [6, 6.07) is -0.422. The first-order valence-electron chi connectivity index (χ1n) is 6.08. The smallest absolute Gasteiger partial charge is 0.239 e. The van der Waals surface area contributed by atoms with Crippen LogP contribution in [-0.2, 0) is 4.79 Å². The molecule has 3 N–H and O–H groups in total. The fourth-order valence-electron chi connectivity index (χ4n) is 2.25. The molecule has 0 aliphatic carbocycles. The average molecular weight is 228 g/mol. The SMILES string of the molecule is CC(C)C[C@@H](N)C(=O)N1CCCC(C)(O)C1. The molecular weight excluding hydrogens is 204 g/mol. The van der Waals surface area contributed by atoms with E-state index in [0.29, 0.717) is 18.9 Å². The number of hydrogen-bond donors (Lipinski definition) is 2. The first-order chi connectivity index (χ1) is 7.32. The molecule has 0 aromatic rings. The molecule has 1 aliphatic heterocycles. The second-order valence-electron chi connectivity index (χ2n) is 5.60. The number of aliphatic hydroxyl groups is 1. The summed E-state index contributed by atoms with van der Waals surface area (Å²) in [5.41, 5.74) is 5.12. The van der Waals surface area contributed by atoms with Gasteiger partial charge < -0.3 is 15.7 Å². The molecule has 0 aromatic carbocycles. The second-order valence-corrected chi connectivity index (χ2v) is 5.60. The van der Waals surface area contributed by atoms with Crippen molar-refractivity contribution in [2.45, 2.75) is 51.7 Å². The third kappa shape index (κ3) is 3.76. The predicted octanol–water partition coefficient (Wildman–Crippen LogP) is 0.733. The summed E-state index contributed by atoms with van der Waals surface area (Å²) >= 11 is 0. The Morgan fingerprint density at radius 3 is 2.69 bits per heavy atom. The van der Waals surface area contributed by atoms with Gasteiger partial charge in [-0.3, -0.25) is 4.79 Å². The predicted molar refractivity (Wildman–Crippen MR) is 63.9 cm³/mol. The molecular formula is C12H24N2O2. The van der Waals surface area contributed by atoms with E-state index >= 15 is 0 Å². The maximum absolute atomic E-state index is 12.0. The summed E-state index contributed by atoms with van der Waals surface area (Å²) in [5.74, 6) is 0.401. The van der Waals surface area contributed by atoms with Gasteiger partial charge >= 0.3 is 0 Å². The highest BCUT2D eigenvalue weighted by molar-refractivity contribution is 5.81. The van der Waals surface area contributed by atoms with E-state index in [1.165, 1.54) is 0 Å².